The molecule has 0 saturated carbocycles. The van der Waals surface area contributed by atoms with Crippen molar-refractivity contribution < 1.29 is 14.9 Å². The monoisotopic (exact) mass is 182 g/mol. The van der Waals surface area contributed by atoms with Gasteiger partial charge in [-0.15, -0.1) is 0 Å². The Bertz CT molecular complexity index is 244. The molecule has 0 bridgehead atoms. The smallest absolute Gasteiger partial charge is 0.186 e. The van der Waals surface area contributed by atoms with E-state index in [-0.39, 0.29) is 0 Å². The van der Waals surface area contributed by atoms with Gasteiger partial charge in [0, 0.05) is 0 Å². The van der Waals surface area contributed by atoms with Crippen molar-refractivity contribution in [3.63, 3.8) is 0 Å². The molecule has 0 heterocycles. The molecule has 0 aromatic heterocycles. The van der Waals surface area contributed by atoms with Crippen LogP contribution in [-0.2, 0) is 11.3 Å². The molecule has 0 spiro atoms. The summed E-state index contributed by atoms with van der Waals surface area (Å²) in [5.74, 6) is -1.45. The van der Waals surface area contributed by atoms with Crippen LogP contribution < -0.4 is 0 Å². The molecule has 0 radical (unpaired) electrons. The van der Waals surface area contributed by atoms with Crippen molar-refractivity contribution in [1.82, 2.24) is 0 Å². The number of hydrogen-bond donors (Lipinski definition) is 2. The maximum absolute atomic E-state index is 9.31. The Kier molecular flexibility index (Phi) is 3.42. The van der Waals surface area contributed by atoms with Crippen LogP contribution in [0.5, 0.6) is 0 Å². The minimum absolute atomic E-state index is 0.300. The van der Waals surface area contributed by atoms with Crippen molar-refractivity contribution in [2.45, 2.75) is 19.3 Å². The highest BCUT2D eigenvalue weighted by molar-refractivity contribution is 5.13. The first-order valence-electron chi connectivity index (χ1n) is 4.15. The van der Waals surface area contributed by atoms with E-state index in [4.69, 9.17) is 9.84 Å². The molecule has 0 aliphatic heterocycles. The van der Waals surface area contributed by atoms with Crippen molar-refractivity contribution in [3.8, 4) is 0 Å². The fourth-order valence-corrected chi connectivity index (χ4v) is 0.859. The third kappa shape index (κ3) is 3.55. The van der Waals surface area contributed by atoms with E-state index in [0.717, 1.165) is 5.56 Å². The van der Waals surface area contributed by atoms with Gasteiger partial charge in [-0.3, -0.25) is 0 Å². The maximum Gasteiger partial charge on any atom is 0.186 e. The van der Waals surface area contributed by atoms with Crippen molar-refractivity contribution in [1.29, 1.82) is 0 Å². The SMILES string of the molecule is CC(O)(CO)OCc1ccccc1. The predicted octanol–water partition coefficient (Wildman–Crippen LogP) is 0.904. The summed E-state index contributed by atoms with van der Waals surface area (Å²) in [6, 6.07) is 9.49. The van der Waals surface area contributed by atoms with E-state index in [9.17, 15) is 5.11 Å². The third-order valence-electron chi connectivity index (χ3n) is 1.69. The Morgan fingerprint density at radius 2 is 1.92 bits per heavy atom. The molecule has 1 rings (SSSR count). The minimum atomic E-state index is -1.45. The Hall–Kier alpha value is -0.900. The van der Waals surface area contributed by atoms with Gasteiger partial charge in [0.15, 0.2) is 5.79 Å². The summed E-state index contributed by atoms with van der Waals surface area (Å²) in [5.41, 5.74) is 0.969. The molecule has 1 aromatic carbocycles. The summed E-state index contributed by atoms with van der Waals surface area (Å²) in [4.78, 5) is 0. The second kappa shape index (κ2) is 4.37. The molecule has 1 unspecified atom stereocenters. The van der Waals surface area contributed by atoms with Crippen molar-refractivity contribution in [3.05, 3.63) is 35.9 Å². The third-order valence-corrected chi connectivity index (χ3v) is 1.69. The van der Waals surface area contributed by atoms with Gasteiger partial charge in [0.2, 0.25) is 0 Å². The zero-order chi connectivity index (χ0) is 9.73. The van der Waals surface area contributed by atoms with E-state index in [2.05, 4.69) is 0 Å². The Balaban J connectivity index is 2.44. The summed E-state index contributed by atoms with van der Waals surface area (Å²) in [5, 5.41) is 18.0. The fraction of sp³-hybridized carbons (Fsp3) is 0.400. The highest BCUT2D eigenvalue weighted by Gasteiger charge is 2.18. The van der Waals surface area contributed by atoms with E-state index in [1.165, 1.54) is 6.92 Å². The molecule has 13 heavy (non-hydrogen) atoms. The molecule has 0 fully saturated rings. The first-order chi connectivity index (χ1) is 6.14. The number of hydrogen-bond acceptors (Lipinski definition) is 3. The van der Waals surface area contributed by atoms with Crippen molar-refractivity contribution in [2.75, 3.05) is 6.61 Å². The number of aliphatic hydroxyl groups is 2. The van der Waals surface area contributed by atoms with Crippen LogP contribution in [0.15, 0.2) is 30.3 Å². The number of benzene rings is 1. The molecule has 0 amide bonds. The van der Waals surface area contributed by atoms with Gasteiger partial charge in [-0.2, -0.15) is 0 Å². The van der Waals surface area contributed by atoms with Gasteiger partial charge in [-0.25, -0.2) is 0 Å². The van der Waals surface area contributed by atoms with Gasteiger partial charge in [-0.1, -0.05) is 30.3 Å². The molecule has 2 N–H and O–H groups in total. The molecule has 1 atom stereocenters. The minimum Gasteiger partial charge on any atom is -0.391 e. The van der Waals surface area contributed by atoms with Gasteiger partial charge in [0.05, 0.1) is 13.2 Å². The molecule has 3 heteroatoms. The second-order valence-electron chi connectivity index (χ2n) is 3.11. The number of rotatable bonds is 4. The number of aliphatic hydroxyl groups excluding tert-OH is 1. The first kappa shape index (κ1) is 10.2. The molecular weight excluding hydrogens is 168 g/mol. The molecule has 0 aliphatic rings. The van der Waals surface area contributed by atoms with Gasteiger partial charge in [0.1, 0.15) is 0 Å². The van der Waals surface area contributed by atoms with Gasteiger partial charge in [0.25, 0.3) is 0 Å². The highest BCUT2D eigenvalue weighted by Crippen LogP contribution is 2.09. The summed E-state index contributed by atoms with van der Waals surface area (Å²) in [6.07, 6.45) is 0. The van der Waals surface area contributed by atoms with E-state index in [1.807, 2.05) is 30.3 Å². The number of ether oxygens (including phenoxy) is 1. The van der Waals surface area contributed by atoms with Crippen molar-refractivity contribution in [2.24, 2.45) is 0 Å². The van der Waals surface area contributed by atoms with E-state index < -0.39 is 12.4 Å². The van der Waals surface area contributed by atoms with Gasteiger partial charge < -0.3 is 14.9 Å². The lowest BCUT2D eigenvalue weighted by molar-refractivity contribution is -0.217. The molecule has 72 valence electrons. The Morgan fingerprint density at radius 3 is 2.46 bits per heavy atom. The Labute approximate surface area is 77.6 Å². The van der Waals surface area contributed by atoms with Gasteiger partial charge >= 0.3 is 0 Å². The lowest BCUT2D eigenvalue weighted by atomic mass is 10.2. The molecule has 0 saturated heterocycles. The topological polar surface area (TPSA) is 49.7 Å². The lowest BCUT2D eigenvalue weighted by Crippen LogP contribution is -2.32. The predicted molar refractivity (Wildman–Crippen MR) is 48.9 cm³/mol. The first-order valence-corrected chi connectivity index (χ1v) is 4.15. The quantitative estimate of drug-likeness (QED) is 0.680. The molecule has 3 nitrogen and oxygen atoms in total. The average molecular weight is 182 g/mol. The second-order valence-corrected chi connectivity index (χ2v) is 3.11. The van der Waals surface area contributed by atoms with Crippen molar-refractivity contribution >= 4 is 0 Å². The van der Waals surface area contributed by atoms with Crippen LogP contribution in [0.25, 0.3) is 0 Å². The van der Waals surface area contributed by atoms with Crippen LogP contribution in [0.3, 0.4) is 0 Å². The van der Waals surface area contributed by atoms with Gasteiger partial charge in [-0.05, 0) is 12.5 Å². The Morgan fingerprint density at radius 1 is 1.31 bits per heavy atom. The van der Waals surface area contributed by atoms with Crippen LogP contribution in [0, 0.1) is 0 Å². The summed E-state index contributed by atoms with van der Waals surface area (Å²) in [6.45, 7) is 1.32. The zero-order valence-corrected chi connectivity index (χ0v) is 7.60. The lowest BCUT2D eigenvalue weighted by Gasteiger charge is -2.20. The van der Waals surface area contributed by atoms with Crippen LogP contribution >= 0.6 is 0 Å². The fourth-order valence-electron chi connectivity index (χ4n) is 0.859. The van der Waals surface area contributed by atoms with Crippen LogP contribution in [0.2, 0.25) is 0 Å². The summed E-state index contributed by atoms with van der Waals surface area (Å²) < 4.78 is 5.07. The van der Waals surface area contributed by atoms with Crippen LogP contribution in [0.4, 0.5) is 0 Å². The normalized spacial score (nSPS) is 15.3. The molecule has 0 aliphatic carbocycles. The average Bonchev–Trinajstić information content (AvgIpc) is 2.17. The van der Waals surface area contributed by atoms with E-state index in [1.54, 1.807) is 0 Å². The largest absolute Gasteiger partial charge is 0.391 e. The van der Waals surface area contributed by atoms with E-state index >= 15 is 0 Å². The summed E-state index contributed by atoms with van der Waals surface area (Å²) >= 11 is 0. The molecule has 1 aromatic rings. The van der Waals surface area contributed by atoms with E-state index in [0.29, 0.717) is 6.61 Å². The zero-order valence-electron chi connectivity index (χ0n) is 7.60. The molecular formula is C10H14O3. The maximum atomic E-state index is 9.31. The summed E-state index contributed by atoms with van der Waals surface area (Å²) in [7, 11) is 0. The van der Waals surface area contributed by atoms with Crippen LogP contribution in [0.1, 0.15) is 12.5 Å². The van der Waals surface area contributed by atoms with Crippen LogP contribution in [-0.4, -0.2) is 22.6 Å². The standard InChI is InChI=1S/C10H14O3/c1-10(12,8-11)13-7-9-5-3-2-4-6-9/h2-6,11-12H,7-8H2,1H3. The highest BCUT2D eigenvalue weighted by atomic mass is 16.6.